The third kappa shape index (κ3) is 3.19. The number of rotatable bonds is 4. The number of aliphatic hydroxyl groups is 1. The Morgan fingerprint density at radius 2 is 1.85 bits per heavy atom. The third-order valence-electron chi connectivity index (χ3n) is 2.91. The molecule has 2 aromatic rings. The van der Waals surface area contributed by atoms with Gasteiger partial charge in [0.2, 0.25) is 0 Å². The topological polar surface area (TPSA) is 33.1 Å². The average molecular weight is 302 g/mol. The van der Waals surface area contributed by atoms with Crippen LogP contribution in [0, 0.1) is 0 Å². The molecule has 1 aromatic carbocycles. The van der Waals surface area contributed by atoms with Gasteiger partial charge < -0.3 is 5.11 Å². The van der Waals surface area contributed by atoms with Crippen molar-refractivity contribution in [3.05, 3.63) is 40.9 Å². The fourth-order valence-corrected chi connectivity index (χ4v) is 3.63. The molecule has 0 saturated carbocycles. The highest BCUT2D eigenvalue weighted by Crippen LogP contribution is 2.36. The Balaban J connectivity index is 2.36. The van der Waals surface area contributed by atoms with Crippen LogP contribution in [0.1, 0.15) is 18.2 Å². The van der Waals surface area contributed by atoms with Gasteiger partial charge in [0.25, 0.3) is 5.01 Å². The molecular formula is C14H15F3NOS+. The van der Waals surface area contributed by atoms with Gasteiger partial charge in [-0.15, -0.1) is 0 Å². The number of nitrogens with zero attached hydrogens (tertiary/aromatic N) is 1. The quantitative estimate of drug-likeness (QED) is 0.864. The summed E-state index contributed by atoms with van der Waals surface area (Å²) in [5, 5.41) is 11.7. The Hall–Kier alpha value is -1.40. The maximum absolute atomic E-state index is 12.5. The first-order valence-corrected chi connectivity index (χ1v) is 7.69. The molecule has 0 aliphatic rings. The van der Waals surface area contributed by atoms with Gasteiger partial charge in [0, 0.05) is 23.5 Å². The van der Waals surface area contributed by atoms with Gasteiger partial charge in [-0.1, -0.05) is 0 Å². The van der Waals surface area contributed by atoms with Crippen molar-refractivity contribution in [2.45, 2.75) is 25.3 Å². The number of thiazole rings is 1. The Kier molecular flexibility index (Phi) is 4.45. The van der Waals surface area contributed by atoms with Crippen LogP contribution in [0.3, 0.4) is 0 Å². The van der Waals surface area contributed by atoms with Crippen molar-refractivity contribution in [3.8, 4) is 10.6 Å². The van der Waals surface area contributed by atoms with Gasteiger partial charge in [0.1, 0.15) is 11.4 Å². The first kappa shape index (κ1) is 15.0. The summed E-state index contributed by atoms with van der Waals surface area (Å²) < 4.78 is 37.6. The standard InChI is InChI=1S/C14H15F3NOS/c1-2-20-9-12(7-8-19)18-13(20)10-3-5-11(6-4-10)14(15,16)17/h3-6,9,19H,2,7-8H2,1H3/q+1. The molecule has 0 bridgehead atoms. The highest BCUT2D eigenvalue weighted by atomic mass is 32.2. The van der Waals surface area contributed by atoms with Gasteiger partial charge in [0.15, 0.2) is 5.38 Å². The van der Waals surface area contributed by atoms with E-state index in [1.807, 2.05) is 12.3 Å². The summed E-state index contributed by atoms with van der Waals surface area (Å²) in [4.78, 5) is 4.44. The number of benzene rings is 1. The highest BCUT2D eigenvalue weighted by Gasteiger charge is 2.30. The second kappa shape index (κ2) is 5.93. The number of alkyl halides is 3. The zero-order chi connectivity index (χ0) is 14.8. The first-order chi connectivity index (χ1) is 9.45. The van der Waals surface area contributed by atoms with Crippen molar-refractivity contribution < 1.29 is 18.3 Å². The normalized spacial score (nSPS) is 12.8. The lowest BCUT2D eigenvalue weighted by Crippen LogP contribution is -2.04. The molecule has 1 heterocycles. The van der Waals surface area contributed by atoms with Crippen molar-refractivity contribution in [1.82, 2.24) is 4.98 Å². The zero-order valence-electron chi connectivity index (χ0n) is 10.9. The van der Waals surface area contributed by atoms with Crippen molar-refractivity contribution in [2.24, 2.45) is 0 Å². The molecular weight excluding hydrogens is 287 g/mol. The first-order valence-electron chi connectivity index (χ1n) is 6.23. The van der Waals surface area contributed by atoms with Crippen LogP contribution in [0.15, 0.2) is 29.6 Å². The number of aromatic nitrogens is 1. The average Bonchev–Trinajstić information content (AvgIpc) is 2.81. The Bertz CT molecular complexity index is 575. The Morgan fingerprint density at radius 3 is 2.35 bits per heavy atom. The van der Waals surface area contributed by atoms with E-state index in [2.05, 4.69) is 4.98 Å². The van der Waals surface area contributed by atoms with E-state index in [4.69, 9.17) is 5.11 Å². The van der Waals surface area contributed by atoms with E-state index in [9.17, 15) is 13.2 Å². The van der Waals surface area contributed by atoms with Gasteiger partial charge in [-0.3, -0.25) is 0 Å². The summed E-state index contributed by atoms with van der Waals surface area (Å²) in [7, 11) is -0.187. The van der Waals surface area contributed by atoms with E-state index >= 15 is 0 Å². The molecule has 20 heavy (non-hydrogen) atoms. The van der Waals surface area contributed by atoms with Crippen molar-refractivity contribution >= 4 is 10.5 Å². The van der Waals surface area contributed by atoms with Crippen molar-refractivity contribution in [1.29, 1.82) is 0 Å². The maximum Gasteiger partial charge on any atom is 0.416 e. The molecule has 0 saturated heterocycles. The summed E-state index contributed by atoms with van der Waals surface area (Å²) in [6.07, 6.45) is -3.84. The van der Waals surface area contributed by atoms with Gasteiger partial charge in [0.05, 0.1) is 11.1 Å². The van der Waals surface area contributed by atoms with Crippen LogP contribution in [0.2, 0.25) is 0 Å². The summed E-state index contributed by atoms with van der Waals surface area (Å²) in [5.41, 5.74) is 0.875. The molecule has 6 heteroatoms. The third-order valence-corrected chi connectivity index (χ3v) is 4.91. The lowest BCUT2D eigenvalue weighted by molar-refractivity contribution is -0.137. The van der Waals surface area contributed by atoms with E-state index in [1.54, 1.807) is 0 Å². The van der Waals surface area contributed by atoms with Gasteiger partial charge >= 0.3 is 6.18 Å². The molecule has 0 amide bonds. The van der Waals surface area contributed by atoms with E-state index < -0.39 is 11.7 Å². The van der Waals surface area contributed by atoms with Crippen molar-refractivity contribution in [3.63, 3.8) is 0 Å². The highest BCUT2D eigenvalue weighted by molar-refractivity contribution is 7.32. The summed E-state index contributed by atoms with van der Waals surface area (Å²) in [6, 6.07) is 5.10. The molecule has 2 nitrogen and oxygen atoms in total. The number of hydrogen-bond donors (Lipinski definition) is 1. The van der Waals surface area contributed by atoms with Crippen LogP contribution in [0.25, 0.3) is 10.6 Å². The van der Waals surface area contributed by atoms with Crippen LogP contribution in [0.4, 0.5) is 13.2 Å². The second-order valence-corrected chi connectivity index (χ2v) is 6.35. The lowest BCUT2D eigenvalue weighted by Gasteiger charge is -2.05. The Labute approximate surface area is 117 Å². The molecule has 1 aromatic heterocycles. The predicted octanol–water partition coefficient (Wildman–Crippen LogP) is 4.07. The SMILES string of the molecule is CC[s+]1cc(CCO)nc1-c1ccc(C(F)(F)F)cc1. The number of aliphatic hydroxyl groups excluding tert-OH is 1. The molecule has 0 fully saturated rings. The minimum atomic E-state index is -4.32. The summed E-state index contributed by atoms with van der Waals surface area (Å²) in [5.74, 6) is 0.856. The summed E-state index contributed by atoms with van der Waals surface area (Å²) in [6.45, 7) is 2.04. The number of hydrogen-bond acceptors (Lipinski definition) is 2. The fraction of sp³-hybridized carbons (Fsp3) is 0.357. The zero-order valence-corrected chi connectivity index (χ0v) is 11.8. The van der Waals surface area contributed by atoms with Gasteiger partial charge in [-0.2, -0.15) is 18.2 Å². The van der Waals surface area contributed by atoms with E-state index in [0.29, 0.717) is 12.0 Å². The molecule has 0 spiro atoms. The monoisotopic (exact) mass is 302 g/mol. The Morgan fingerprint density at radius 1 is 1.20 bits per heavy atom. The minimum absolute atomic E-state index is 0.0243. The maximum atomic E-state index is 12.5. The molecule has 0 aliphatic carbocycles. The van der Waals surface area contributed by atoms with Gasteiger partial charge in [-0.05, 0) is 31.2 Å². The van der Waals surface area contributed by atoms with Crippen molar-refractivity contribution in [2.75, 3.05) is 6.61 Å². The summed E-state index contributed by atoms with van der Waals surface area (Å²) >= 11 is 0. The largest absolute Gasteiger partial charge is 0.416 e. The van der Waals surface area contributed by atoms with E-state index in [0.717, 1.165) is 28.6 Å². The lowest BCUT2D eigenvalue weighted by atomic mass is 10.1. The molecule has 0 radical (unpaired) electrons. The van der Waals surface area contributed by atoms with E-state index in [1.165, 1.54) is 12.1 Å². The van der Waals surface area contributed by atoms with Crippen LogP contribution in [-0.2, 0) is 18.3 Å². The van der Waals surface area contributed by atoms with E-state index in [-0.39, 0.29) is 17.1 Å². The van der Waals surface area contributed by atoms with Gasteiger partial charge in [-0.25, -0.2) is 0 Å². The molecule has 1 N–H and O–H groups in total. The molecule has 1 unspecified atom stereocenters. The van der Waals surface area contributed by atoms with Crippen LogP contribution >= 0.6 is 10.5 Å². The molecule has 0 aliphatic heterocycles. The molecule has 108 valence electrons. The smallest absolute Gasteiger partial charge is 0.396 e. The number of aryl methyl sites for hydroxylation is 1. The molecule has 1 atom stereocenters. The van der Waals surface area contributed by atoms with Crippen LogP contribution in [0.5, 0.6) is 0 Å². The van der Waals surface area contributed by atoms with Crippen LogP contribution < -0.4 is 0 Å². The number of halogens is 3. The fourth-order valence-electron chi connectivity index (χ4n) is 1.90. The minimum Gasteiger partial charge on any atom is -0.396 e. The molecule has 2 rings (SSSR count). The second-order valence-electron chi connectivity index (χ2n) is 4.29. The van der Waals surface area contributed by atoms with Crippen LogP contribution in [-0.4, -0.2) is 16.7 Å². The predicted molar refractivity (Wildman–Crippen MR) is 73.6 cm³/mol.